The number of piperidine rings is 1. The van der Waals surface area contributed by atoms with Crippen molar-refractivity contribution < 1.29 is 14.3 Å². The van der Waals surface area contributed by atoms with Gasteiger partial charge in [-0.25, -0.2) is 4.79 Å². The third-order valence-electron chi connectivity index (χ3n) is 4.13. The molecule has 0 saturated carbocycles. The van der Waals surface area contributed by atoms with Gasteiger partial charge in [-0.1, -0.05) is 0 Å². The smallest absolute Gasteiger partial charge is 0.322 e. The fraction of sp³-hybridized carbons (Fsp3) is 0.667. The second-order valence-corrected chi connectivity index (χ2v) is 7.03. The van der Waals surface area contributed by atoms with Crippen LogP contribution >= 0.6 is 0 Å². The number of fused-ring (bicyclic) bond motifs is 1. The molecule has 23 heavy (non-hydrogen) atoms. The van der Waals surface area contributed by atoms with Crippen LogP contribution in [-0.2, 0) is 15.1 Å². The number of nitrogens with zero attached hydrogens (tertiary/aromatic N) is 3. The van der Waals surface area contributed by atoms with Gasteiger partial charge in [0.05, 0.1) is 29.6 Å². The van der Waals surface area contributed by atoms with Gasteiger partial charge in [-0.2, -0.15) is 5.10 Å². The second kappa shape index (κ2) is 5.84. The predicted octanol–water partition coefficient (Wildman–Crippen LogP) is 0.759. The number of likely N-dealkylation sites (tertiary alicyclic amines) is 1. The third kappa shape index (κ3) is 3.47. The summed E-state index contributed by atoms with van der Waals surface area (Å²) in [5.41, 5.74) is 0.529. The van der Waals surface area contributed by atoms with Crippen molar-refractivity contribution in [2.75, 3.05) is 25.0 Å². The Kier molecular flexibility index (Phi) is 4.01. The number of carbonyl (C=O) groups excluding carboxylic acids is 2. The molecule has 8 nitrogen and oxygen atoms in total. The van der Waals surface area contributed by atoms with Gasteiger partial charge < -0.3 is 20.3 Å². The number of amides is 3. The lowest BCUT2D eigenvalue weighted by atomic mass is 10.0. The van der Waals surface area contributed by atoms with Crippen molar-refractivity contribution >= 4 is 17.6 Å². The molecule has 0 radical (unpaired) electrons. The first-order valence-electron chi connectivity index (χ1n) is 7.85. The van der Waals surface area contributed by atoms with Crippen LogP contribution in [0.15, 0.2) is 12.4 Å². The van der Waals surface area contributed by atoms with Crippen molar-refractivity contribution in [3.05, 3.63) is 12.4 Å². The van der Waals surface area contributed by atoms with E-state index in [1.165, 1.54) is 0 Å². The number of aromatic nitrogens is 2. The average molecular weight is 321 g/mol. The number of anilines is 1. The van der Waals surface area contributed by atoms with Gasteiger partial charge in [-0.3, -0.25) is 9.48 Å². The molecule has 0 spiro atoms. The van der Waals surface area contributed by atoms with E-state index < -0.39 is 0 Å². The average Bonchev–Trinajstić information content (AvgIpc) is 2.95. The van der Waals surface area contributed by atoms with Crippen molar-refractivity contribution in [3.63, 3.8) is 0 Å². The minimum absolute atomic E-state index is 0.000362. The lowest BCUT2D eigenvalue weighted by Crippen LogP contribution is -2.61. The largest absolute Gasteiger partial charge is 0.366 e. The van der Waals surface area contributed by atoms with Crippen LogP contribution in [0, 0.1) is 0 Å². The summed E-state index contributed by atoms with van der Waals surface area (Å²) in [5.74, 6) is -0.125. The van der Waals surface area contributed by atoms with E-state index in [-0.39, 0.29) is 36.2 Å². The maximum absolute atomic E-state index is 12.4. The summed E-state index contributed by atoms with van der Waals surface area (Å²) in [6.07, 6.45) is 4.18. The maximum Gasteiger partial charge on any atom is 0.322 e. The van der Waals surface area contributed by atoms with Crippen molar-refractivity contribution in [1.82, 2.24) is 20.0 Å². The summed E-state index contributed by atoms with van der Waals surface area (Å²) in [6, 6.07) is -0.315. The Labute approximate surface area is 135 Å². The minimum atomic E-state index is -0.184. The van der Waals surface area contributed by atoms with Gasteiger partial charge >= 0.3 is 6.03 Å². The Bertz CT molecular complexity index is 606. The molecule has 2 aliphatic heterocycles. The van der Waals surface area contributed by atoms with Gasteiger partial charge in [-0.15, -0.1) is 0 Å². The Morgan fingerprint density at radius 2 is 2.26 bits per heavy atom. The van der Waals surface area contributed by atoms with Crippen LogP contribution in [-0.4, -0.2) is 58.5 Å². The molecule has 2 aliphatic rings. The van der Waals surface area contributed by atoms with Gasteiger partial charge in [0.2, 0.25) is 5.91 Å². The number of nitrogens with one attached hydrogen (secondary N) is 2. The standard InChI is InChI=1S/C15H23N5O3/c1-15(2,3)20-7-10(6-16-20)17-14(22)19-5-4-12-11(8-19)18-13(21)9-23-12/h6-7,11-12H,4-5,8-9H2,1-3H3,(H,17,22)(H,18,21)/t11-,12-/m0/s1. The highest BCUT2D eigenvalue weighted by molar-refractivity contribution is 5.89. The zero-order valence-corrected chi connectivity index (χ0v) is 13.7. The molecule has 126 valence electrons. The van der Waals surface area contributed by atoms with E-state index in [0.29, 0.717) is 18.8 Å². The van der Waals surface area contributed by atoms with Crippen molar-refractivity contribution in [2.24, 2.45) is 0 Å². The van der Waals surface area contributed by atoms with Crippen molar-refractivity contribution in [1.29, 1.82) is 0 Å². The van der Waals surface area contributed by atoms with Crippen molar-refractivity contribution in [3.8, 4) is 0 Å². The highest BCUT2D eigenvalue weighted by Gasteiger charge is 2.36. The van der Waals surface area contributed by atoms with Crippen molar-refractivity contribution in [2.45, 2.75) is 44.9 Å². The molecule has 0 bridgehead atoms. The Balaban J connectivity index is 1.60. The fourth-order valence-corrected chi connectivity index (χ4v) is 2.84. The van der Waals surface area contributed by atoms with E-state index in [2.05, 4.69) is 15.7 Å². The van der Waals surface area contributed by atoms with Gasteiger partial charge in [0.1, 0.15) is 6.61 Å². The van der Waals surface area contributed by atoms with Crippen LogP contribution in [0.3, 0.4) is 0 Å². The number of carbonyl (C=O) groups is 2. The summed E-state index contributed by atoms with van der Waals surface area (Å²) in [5, 5.41) is 10.0. The van der Waals surface area contributed by atoms with E-state index in [1.807, 2.05) is 31.6 Å². The monoisotopic (exact) mass is 321 g/mol. The molecular weight excluding hydrogens is 298 g/mol. The quantitative estimate of drug-likeness (QED) is 0.799. The number of hydrogen-bond donors (Lipinski definition) is 2. The van der Waals surface area contributed by atoms with Crippen LogP contribution in [0.1, 0.15) is 27.2 Å². The summed E-state index contributed by atoms with van der Waals surface area (Å²) in [4.78, 5) is 25.5. The third-order valence-corrected chi connectivity index (χ3v) is 4.13. The summed E-state index contributed by atoms with van der Waals surface area (Å²) in [6.45, 7) is 7.30. The molecule has 1 aromatic heterocycles. The zero-order valence-electron chi connectivity index (χ0n) is 13.7. The molecule has 3 rings (SSSR count). The molecule has 0 unspecified atom stereocenters. The lowest BCUT2D eigenvalue weighted by Gasteiger charge is -2.40. The van der Waals surface area contributed by atoms with Crippen LogP contribution < -0.4 is 10.6 Å². The highest BCUT2D eigenvalue weighted by Crippen LogP contribution is 2.19. The molecule has 1 aromatic rings. The van der Waals surface area contributed by atoms with E-state index >= 15 is 0 Å². The minimum Gasteiger partial charge on any atom is -0.366 e. The summed E-state index contributed by atoms with van der Waals surface area (Å²) in [7, 11) is 0. The molecule has 2 N–H and O–H groups in total. The number of rotatable bonds is 1. The molecule has 8 heteroatoms. The maximum atomic E-state index is 12.4. The number of ether oxygens (including phenoxy) is 1. The van der Waals surface area contributed by atoms with Crippen LogP contribution in [0.25, 0.3) is 0 Å². The number of morpholine rings is 1. The Morgan fingerprint density at radius 3 is 2.96 bits per heavy atom. The first-order chi connectivity index (χ1) is 10.8. The van der Waals surface area contributed by atoms with Gasteiger partial charge in [-0.05, 0) is 27.2 Å². The van der Waals surface area contributed by atoms with E-state index in [9.17, 15) is 9.59 Å². The molecule has 2 atom stereocenters. The normalized spacial score (nSPS) is 24.8. The molecule has 2 fully saturated rings. The Hall–Kier alpha value is -2.09. The summed E-state index contributed by atoms with van der Waals surface area (Å²) < 4.78 is 7.31. The highest BCUT2D eigenvalue weighted by atomic mass is 16.5. The van der Waals surface area contributed by atoms with E-state index in [4.69, 9.17) is 4.74 Å². The molecule has 3 heterocycles. The molecule has 0 aromatic carbocycles. The topological polar surface area (TPSA) is 88.5 Å². The summed E-state index contributed by atoms with van der Waals surface area (Å²) >= 11 is 0. The Morgan fingerprint density at radius 1 is 1.48 bits per heavy atom. The van der Waals surface area contributed by atoms with Gasteiger partial charge in [0.25, 0.3) is 0 Å². The van der Waals surface area contributed by atoms with Crippen LogP contribution in [0.5, 0.6) is 0 Å². The van der Waals surface area contributed by atoms with Crippen LogP contribution in [0.2, 0.25) is 0 Å². The predicted molar refractivity (Wildman–Crippen MR) is 84.1 cm³/mol. The molecular formula is C15H23N5O3. The number of urea groups is 1. The lowest BCUT2D eigenvalue weighted by molar-refractivity contribution is -0.139. The van der Waals surface area contributed by atoms with Crippen LogP contribution in [0.4, 0.5) is 10.5 Å². The van der Waals surface area contributed by atoms with Gasteiger partial charge in [0, 0.05) is 19.3 Å². The fourth-order valence-electron chi connectivity index (χ4n) is 2.84. The van der Waals surface area contributed by atoms with E-state index in [0.717, 1.165) is 6.42 Å². The SMILES string of the molecule is CC(C)(C)n1cc(NC(=O)N2CC[C@@H]3OCC(=O)N[C@H]3C2)cn1. The van der Waals surface area contributed by atoms with Gasteiger partial charge in [0.15, 0.2) is 0 Å². The first kappa shape index (κ1) is 15.8. The number of hydrogen-bond acceptors (Lipinski definition) is 4. The first-order valence-corrected chi connectivity index (χ1v) is 7.85. The second-order valence-electron chi connectivity index (χ2n) is 7.03. The molecule has 0 aliphatic carbocycles. The molecule has 3 amide bonds. The zero-order chi connectivity index (χ0) is 16.6. The molecule has 2 saturated heterocycles. The van der Waals surface area contributed by atoms with E-state index in [1.54, 1.807) is 11.1 Å².